The molecule has 1 saturated heterocycles. The fraction of sp³-hybridized carbons (Fsp3) is 0.625. The molecule has 0 aliphatic carbocycles. The lowest BCUT2D eigenvalue weighted by molar-refractivity contribution is -0.137. The Hall–Kier alpha value is -2.56. The minimum atomic E-state index is -0.821. The molecule has 1 aliphatic rings. The van der Waals surface area contributed by atoms with Crippen LogP contribution in [0.3, 0.4) is 0 Å². The van der Waals surface area contributed by atoms with Crippen molar-refractivity contribution in [2.45, 2.75) is 32.6 Å². The van der Waals surface area contributed by atoms with Gasteiger partial charge in [0.2, 0.25) is 5.91 Å². The van der Waals surface area contributed by atoms with E-state index in [1.54, 1.807) is 4.90 Å². The van der Waals surface area contributed by atoms with Crippen molar-refractivity contribution in [1.82, 2.24) is 15.1 Å². The predicted octanol–water partition coefficient (Wildman–Crippen LogP) is 0.319. The van der Waals surface area contributed by atoms with Gasteiger partial charge in [0.1, 0.15) is 11.6 Å². The monoisotopic (exact) mass is 336 g/mol. The molecule has 0 bridgehead atoms. The number of aliphatic carboxylic acids is 1. The Bertz CT molecular complexity index is 531. The van der Waals surface area contributed by atoms with Crippen LogP contribution in [0.5, 0.6) is 0 Å². The Balaban J connectivity index is 2.34. The second-order valence-electron chi connectivity index (χ2n) is 5.66. The van der Waals surface area contributed by atoms with E-state index in [-0.39, 0.29) is 17.9 Å². The zero-order valence-corrected chi connectivity index (χ0v) is 14.0. The van der Waals surface area contributed by atoms with Gasteiger partial charge in [0, 0.05) is 52.3 Å². The lowest BCUT2D eigenvalue weighted by atomic mass is 10.2. The van der Waals surface area contributed by atoms with Gasteiger partial charge in [-0.25, -0.2) is 0 Å². The number of unbranched alkanes of at least 4 members (excludes halogenated alkanes) is 2. The Morgan fingerprint density at radius 3 is 2.38 bits per heavy atom. The summed E-state index contributed by atoms with van der Waals surface area (Å²) in [5.74, 6) is -1.22. The average molecular weight is 336 g/mol. The summed E-state index contributed by atoms with van der Waals surface area (Å²) in [6, 6.07) is 1.90. The third-order valence-electron chi connectivity index (χ3n) is 3.79. The Morgan fingerprint density at radius 2 is 1.83 bits per heavy atom. The molecule has 8 nitrogen and oxygen atoms in total. The van der Waals surface area contributed by atoms with Gasteiger partial charge in [-0.3, -0.25) is 14.4 Å². The Morgan fingerprint density at radius 1 is 1.17 bits per heavy atom. The van der Waals surface area contributed by atoms with Gasteiger partial charge in [-0.05, 0) is 12.8 Å². The minimum Gasteiger partial charge on any atom is -0.481 e. The van der Waals surface area contributed by atoms with Crippen LogP contribution in [0.15, 0.2) is 11.8 Å². The van der Waals surface area contributed by atoms with E-state index in [9.17, 15) is 14.4 Å². The van der Waals surface area contributed by atoms with Crippen molar-refractivity contribution >= 4 is 17.8 Å². The number of amides is 2. The molecule has 1 heterocycles. The average Bonchev–Trinajstić information content (AvgIpc) is 2.55. The van der Waals surface area contributed by atoms with Gasteiger partial charge in [0.15, 0.2) is 0 Å². The molecule has 0 aromatic rings. The largest absolute Gasteiger partial charge is 0.481 e. The molecule has 0 spiro atoms. The van der Waals surface area contributed by atoms with E-state index in [0.29, 0.717) is 52.0 Å². The van der Waals surface area contributed by atoms with E-state index < -0.39 is 11.9 Å². The molecule has 0 radical (unpaired) electrons. The van der Waals surface area contributed by atoms with Crippen molar-refractivity contribution in [3.63, 3.8) is 0 Å². The summed E-state index contributed by atoms with van der Waals surface area (Å²) in [5, 5.41) is 20.3. The highest BCUT2D eigenvalue weighted by Crippen LogP contribution is 2.06. The van der Waals surface area contributed by atoms with Crippen LogP contribution in [0, 0.1) is 11.3 Å². The van der Waals surface area contributed by atoms with Gasteiger partial charge in [0.25, 0.3) is 5.91 Å². The molecule has 0 aromatic carbocycles. The molecular weight excluding hydrogens is 312 g/mol. The Kier molecular flexibility index (Phi) is 8.33. The van der Waals surface area contributed by atoms with Crippen LogP contribution in [0.1, 0.15) is 32.6 Å². The topological polar surface area (TPSA) is 114 Å². The Labute approximate surface area is 141 Å². The van der Waals surface area contributed by atoms with E-state index in [1.165, 1.54) is 13.1 Å². The third kappa shape index (κ3) is 7.13. The first-order chi connectivity index (χ1) is 11.4. The molecule has 0 saturated carbocycles. The molecule has 132 valence electrons. The predicted molar refractivity (Wildman–Crippen MR) is 86.6 cm³/mol. The molecule has 8 heteroatoms. The van der Waals surface area contributed by atoms with Gasteiger partial charge in [0.05, 0.1) is 0 Å². The number of rotatable bonds is 8. The SMILES string of the molecule is CC(=O)N1CCN(/C=C(/C#N)C(=O)NCCCCCC(=O)O)CC1. The maximum Gasteiger partial charge on any atom is 0.303 e. The number of carbonyl (C=O) groups excluding carboxylic acids is 2. The van der Waals surface area contributed by atoms with Crippen molar-refractivity contribution in [2.75, 3.05) is 32.7 Å². The highest BCUT2D eigenvalue weighted by atomic mass is 16.4. The van der Waals surface area contributed by atoms with E-state index in [4.69, 9.17) is 10.4 Å². The maximum atomic E-state index is 12.0. The van der Waals surface area contributed by atoms with Gasteiger partial charge < -0.3 is 20.2 Å². The molecule has 1 rings (SSSR count). The summed E-state index contributed by atoms with van der Waals surface area (Å²) in [5.41, 5.74) is 0.0387. The highest BCUT2D eigenvalue weighted by molar-refractivity contribution is 5.97. The van der Waals surface area contributed by atoms with Gasteiger partial charge in [-0.15, -0.1) is 0 Å². The summed E-state index contributed by atoms with van der Waals surface area (Å²) in [6.45, 7) is 4.28. The third-order valence-corrected chi connectivity index (χ3v) is 3.79. The lowest BCUT2D eigenvalue weighted by Crippen LogP contribution is -2.46. The molecule has 1 fully saturated rings. The number of nitrogens with zero attached hydrogens (tertiary/aromatic N) is 3. The van der Waals surface area contributed by atoms with Crippen LogP contribution in [-0.4, -0.2) is 65.4 Å². The quantitative estimate of drug-likeness (QED) is 0.375. The number of hydrogen-bond donors (Lipinski definition) is 2. The van der Waals surface area contributed by atoms with Crippen LogP contribution >= 0.6 is 0 Å². The molecule has 24 heavy (non-hydrogen) atoms. The van der Waals surface area contributed by atoms with Crippen LogP contribution in [0.2, 0.25) is 0 Å². The highest BCUT2D eigenvalue weighted by Gasteiger charge is 2.18. The van der Waals surface area contributed by atoms with E-state index in [1.807, 2.05) is 11.0 Å². The second-order valence-corrected chi connectivity index (χ2v) is 5.66. The minimum absolute atomic E-state index is 0.0276. The maximum absolute atomic E-state index is 12.0. The number of carboxylic acid groups (broad SMARTS) is 1. The van der Waals surface area contributed by atoms with E-state index in [2.05, 4.69) is 5.32 Å². The van der Waals surface area contributed by atoms with Gasteiger partial charge >= 0.3 is 5.97 Å². The summed E-state index contributed by atoms with van der Waals surface area (Å²) < 4.78 is 0. The van der Waals surface area contributed by atoms with Crippen molar-refractivity contribution in [1.29, 1.82) is 5.26 Å². The molecule has 0 aromatic heterocycles. The van der Waals surface area contributed by atoms with Crippen molar-refractivity contribution in [3.05, 3.63) is 11.8 Å². The van der Waals surface area contributed by atoms with Crippen molar-refractivity contribution in [3.8, 4) is 6.07 Å². The smallest absolute Gasteiger partial charge is 0.303 e. The number of nitrogens with one attached hydrogen (secondary N) is 1. The molecule has 2 N–H and O–H groups in total. The molecule has 2 amide bonds. The summed E-state index contributed by atoms with van der Waals surface area (Å²) >= 11 is 0. The number of carboxylic acids is 1. The number of carbonyl (C=O) groups is 3. The standard InChI is InChI=1S/C16H24N4O4/c1-13(21)20-9-7-19(8-10-20)12-14(11-17)16(24)18-6-4-2-3-5-15(22)23/h12H,2-10H2,1H3,(H,18,24)(H,22,23)/b14-12-. The van der Waals surface area contributed by atoms with Crippen LogP contribution in [-0.2, 0) is 14.4 Å². The van der Waals surface area contributed by atoms with Crippen molar-refractivity contribution < 1.29 is 19.5 Å². The number of nitriles is 1. The van der Waals surface area contributed by atoms with Crippen LogP contribution in [0.25, 0.3) is 0 Å². The normalized spacial score (nSPS) is 14.9. The number of hydrogen-bond acceptors (Lipinski definition) is 5. The first-order valence-electron chi connectivity index (χ1n) is 8.05. The fourth-order valence-electron chi connectivity index (χ4n) is 2.36. The van der Waals surface area contributed by atoms with E-state index >= 15 is 0 Å². The van der Waals surface area contributed by atoms with Crippen LogP contribution in [0.4, 0.5) is 0 Å². The van der Waals surface area contributed by atoms with Crippen molar-refractivity contribution in [2.24, 2.45) is 0 Å². The first-order valence-corrected chi connectivity index (χ1v) is 8.05. The lowest BCUT2D eigenvalue weighted by Gasteiger charge is -2.33. The zero-order chi connectivity index (χ0) is 17.9. The molecular formula is C16H24N4O4. The van der Waals surface area contributed by atoms with Gasteiger partial charge in [-0.1, -0.05) is 6.42 Å². The van der Waals surface area contributed by atoms with Gasteiger partial charge in [-0.2, -0.15) is 5.26 Å². The summed E-state index contributed by atoms with van der Waals surface area (Å²) in [7, 11) is 0. The molecule has 0 atom stereocenters. The first kappa shape index (κ1) is 19.5. The molecule has 0 unspecified atom stereocenters. The van der Waals surface area contributed by atoms with E-state index in [0.717, 1.165) is 0 Å². The zero-order valence-electron chi connectivity index (χ0n) is 14.0. The second kappa shape index (κ2) is 10.3. The number of piperazine rings is 1. The summed E-state index contributed by atoms with van der Waals surface area (Å²) in [6.07, 6.45) is 3.63. The molecule has 1 aliphatic heterocycles. The van der Waals surface area contributed by atoms with Crippen LogP contribution < -0.4 is 5.32 Å². The summed E-state index contributed by atoms with van der Waals surface area (Å²) in [4.78, 5) is 37.2. The fourth-order valence-corrected chi connectivity index (χ4v) is 2.36.